The summed E-state index contributed by atoms with van der Waals surface area (Å²) >= 11 is 0. The van der Waals surface area contributed by atoms with Crippen LogP contribution < -0.4 is 10.6 Å². The standard InChI is InChI=1S/C13H14N2O4/c16-11-7-14-13(18)10(15-11)6-12(17)19-8-9-4-2-1-3-5-9/h1-5,10H,6-8H2,(H,14,18)(H,15,16)/t10-/m0/s1. The summed E-state index contributed by atoms with van der Waals surface area (Å²) in [5, 5.41) is 4.85. The van der Waals surface area contributed by atoms with E-state index in [0.717, 1.165) is 5.56 Å². The van der Waals surface area contributed by atoms with E-state index in [1.807, 2.05) is 30.3 Å². The van der Waals surface area contributed by atoms with Crippen LogP contribution in [0.4, 0.5) is 0 Å². The fourth-order valence-electron chi connectivity index (χ4n) is 1.71. The smallest absolute Gasteiger partial charge is 0.308 e. The zero-order valence-electron chi connectivity index (χ0n) is 10.2. The number of benzene rings is 1. The van der Waals surface area contributed by atoms with Crippen molar-refractivity contribution in [1.29, 1.82) is 0 Å². The summed E-state index contributed by atoms with van der Waals surface area (Å²) in [6.45, 7) is 0.107. The highest BCUT2D eigenvalue weighted by Crippen LogP contribution is 2.04. The number of ether oxygens (including phenoxy) is 1. The minimum atomic E-state index is -0.843. The molecule has 1 saturated heterocycles. The molecule has 1 aliphatic heterocycles. The maximum Gasteiger partial charge on any atom is 0.308 e. The van der Waals surface area contributed by atoms with Crippen LogP contribution in [0.5, 0.6) is 0 Å². The topological polar surface area (TPSA) is 84.5 Å². The normalized spacial score (nSPS) is 18.4. The van der Waals surface area contributed by atoms with Gasteiger partial charge in [0, 0.05) is 0 Å². The zero-order chi connectivity index (χ0) is 13.7. The van der Waals surface area contributed by atoms with Gasteiger partial charge in [0.05, 0.1) is 13.0 Å². The number of amides is 2. The second-order valence-electron chi connectivity index (χ2n) is 4.19. The molecule has 1 atom stereocenters. The summed E-state index contributed by atoms with van der Waals surface area (Å²) in [6, 6.07) is 8.39. The van der Waals surface area contributed by atoms with Gasteiger partial charge in [0.1, 0.15) is 12.6 Å². The van der Waals surface area contributed by atoms with Crippen LogP contribution in [0.3, 0.4) is 0 Å². The molecule has 2 rings (SSSR count). The average Bonchev–Trinajstić information content (AvgIpc) is 2.42. The van der Waals surface area contributed by atoms with E-state index >= 15 is 0 Å². The number of esters is 1. The molecule has 6 heteroatoms. The van der Waals surface area contributed by atoms with Gasteiger partial charge in [-0.3, -0.25) is 14.4 Å². The number of hydrogen-bond acceptors (Lipinski definition) is 4. The van der Waals surface area contributed by atoms with Crippen LogP contribution in [0, 0.1) is 0 Å². The largest absolute Gasteiger partial charge is 0.461 e. The van der Waals surface area contributed by atoms with Crippen molar-refractivity contribution in [3.8, 4) is 0 Å². The van der Waals surface area contributed by atoms with Gasteiger partial charge in [-0.1, -0.05) is 30.3 Å². The van der Waals surface area contributed by atoms with Gasteiger partial charge in [0.15, 0.2) is 0 Å². The van der Waals surface area contributed by atoms with E-state index in [1.54, 1.807) is 0 Å². The lowest BCUT2D eigenvalue weighted by atomic mass is 10.1. The Hall–Kier alpha value is -2.37. The summed E-state index contributed by atoms with van der Waals surface area (Å²) in [5.74, 6) is -1.19. The number of nitrogens with one attached hydrogen (secondary N) is 2. The van der Waals surface area contributed by atoms with E-state index in [1.165, 1.54) is 0 Å². The first-order valence-electron chi connectivity index (χ1n) is 5.92. The number of carbonyl (C=O) groups is 3. The molecule has 0 radical (unpaired) electrons. The second-order valence-corrected chi connectivity index (χ2v) is 4.19. The number of rotatable bonds is 4. The van der Waals surface area contributed by atoms with Crippen LogP contribution in [0.1, 0.15) is 12.0 Å². The first kappa shape index (κ1) is 13.1. The monoisotopic (exact) mass is 262 g/mol. The van der Waals surface area contributed by atoms with Crippen LogP contribution >= 0.6 is 0 Å². The lowest BCUT2D eigenvalue weighted by Gasteiger charge is -2.22. The second kappa shape index (κ2) is 5.99. The molecule has 100 valence electrons. The van der Waals surface area contributed by atoms with Gasteiger partial charge in [-0.2, -0.15) is 0 Å². The van der Waals surface area contributed by atoms with E-state index in [0.29, 0.717) is 0 Å². The van der Waals surface area contributed by atoms with E-state index in [2.05, 4.69) is 10.6 Å². The van der Waals surface area contributed by atoms with E-state index in [9.17, 15) is 14.4 Å². The van der Waals surface area contributed by atoms with E-state index in [-0.39, 0.29) is 31.4 Å². The maximum atomic E-state index is 11.6. The molecule has 0 aliphatic carbocycles. The molecule has 1 aromatic carbocycles. The van der Waals surface area contributed by atoms with Crippen LogP contribution in [0.25, 0.3) is 0 Å². The number of carbonyl (C=O) groups excluding carboxylic acids is 3. The first-order valence-corrected chi connectivity index (χ1v) is 5.92. The third-order valence-corrected chi connectivity index (χ3v) is 2.69. The summed E-state index contributed by atoms with van der Waals surface area (Å²) in [7, 11) is 0. The van der Waals surface area contributed by atoms with Crippen molar-refractivity contribution in [3.05, 3.63) is 35.9 Å². The van der Waals surface area contributed by atoms with Crippen LogP contribution in [0.15, 0.2) is 30.3 Å². The Morgan fingerprint density at radius 3 is 2.74 bits per heavy atom. The molecule has 1 fully saturated rings. The molecule has 1 aromatic rings. The van der Waals surface area contributed by atoms with Crippen LogP contribution in [0.2, 0.25) is 0 Å². The van der Waals surface area contributed by atoms with Gasteiger partial charge in [-0.15, -0.1) is 0 Å². The molecular weight excluding hydrogens is 248 g/mol. The molecule has 0 bridgehead atoms. The van der Waals surface area contributed by atoms with Crippen molar-refractivity contribution < 1.29 is 19.1 Å². The van der Waals surface area contributed by atoms with Crippen molar-refractivity contribution in [2.24, 2.45) is 0 Å². The zero-order valence-corrected chi connectivity index (χ0v) is 10.2. The SMILES string of the molecule is O=C1CNC(=O)[C@H](CC(=O)OCc2ccccc2)N1. The Bertz CT molecular complexity index is 487. The van der Waals surface area contributed by atoms with Crippen molar-refractivity contribution >= 4 is 17.8 Å². The first-order chi connectivity index (χ1) is 9.15. The highest BCUT2D eigenvalue weighted by molar-refractivity contribution is 5.96. The lowest BCUT2D eigenvalue weighted by Crippen LogP contribution is -2.56. The fourth-order valence-corrected chi connectivity index (χ4v) is 1.71. The highest BCUT2D eigenvalue weighted by Gasteiger charge is 2.28. The van der Waals surface area contributed by atoms with Gasteiger partial charge < -0.3 is 15.4 Å². The van der Waals surface area contributed by atoms with Crippen molar-refractivity contribution in [3.63, 3.8) is 0 Å². The molecule has 19 heavy (non-hydrogen) atoms. The lowest BCUT2D eigenvalue weighted by molar-refractivity contribution is -0.148. The molecule has 0 spiro atoms. The number of piperazine rings is 1. The van der Waals surface area contributed by atoms with Gasteiger partial charge in [0.2, 0.25) is 11.8 Å². The molecule has 1 aliphatic rings. The molecule has 0 unspecified atom stereocenters. The molecular formula is C13H14N2O4. The minimum Gasteiger partial charge on any atom is -0.461 e. The summed E-state index contributed by atoms with van der Waals surface area (Å²) in [5.41, 5.74) is 0.869. The predicted molar refractivity (Wildman–Crippen MR) is 65.8 cm³/mol. The quantitative estimate of drug-likeness (QED) is 0.732. The van der Waals surface area contributed by atoms with Crippen molar-refractivity contribution in [2.75, 3.05) is 6.54 Å². The minimum absolute atomic E-state index is 0.0472. The Balaban J connectivity index is 1.81. The average molecular weight is 262 g/mol. The highest BCUT2D eigenvalue weighted by atomic mass is 16.5. The van der Waals surface area contributed by atoms with Crippen LogP contribution in [-0.4, -0.2) is 30.4 Å². The predicted octanol–water partition coefficient (Wildman–Crippen LogP) is -0.266. The van der Waals surface area contributed by atoms with Gasteiger partial charge in [-0.25, -0.2) is 0 Å². The Morgan fingerprint density at radius 2 is 2.00 bits per heavy atom. The maximum absolute atomic E-state index is 11.6. The van der Waals surface area contributed by atoms with E-state index in [4.69, 9.17) is 4.74 Å². The van der Waals surface area contributed by atoms with Gasteiger partial charge >= 0.3 is 5.97 Å². The molecule has 2 N–H and O–H groups in total. The van der Waals surface area contributed by atoms with Gasteiger partial charge in [-0.05, 0) is 5.56 Å². The molecule has 1 heterocycles. The Morgan fingerprint density at radius 1 is 1.26 bits per heavy atom. The molecule has 6 nitrogen and oxygen atoms in total. The Labute approximate surface area is 110 Å². The van der Waals surface area contributed by atoms with Crippen molar-refractivity contribution in [1.82, 2.24) is 10.6 Å². The summed E-state index contributed by atoms with van der Waals surface area (Å²) in [4.78, 5) is 34.1. The van der Waals surface area contributed by atoms with Crippen molar-refractivity contribution in [2.45, 2.75) is 19.1 Å². The Kier molecular flexibility index (Phi) is 4.12. The van der Waals surface area contributed by atoms with Crippen LogP contribution in [-0.2, 0) is 25.7 Å². The molecule has 2 amide bonds. The van der Waals surface area contributed by atoms with E-state index < -0.39 is 12.0 Å². The third kappa shape index (κ3) is 3.80. The summed E-state index contributed by atoms with van der Waals surface area (Å²) < 4.78 is 5.04. The molecule has 0 aromatic heterocycles. The number of hydrogen-bond donors (Lipinski definition) is 2. The fraction of sp³-hybridized carbons (Fsp3) is 0.308. The van der Waals surface area contributed by atoms with Gasteiger partial charge in [0.25, 0.3) is 0 Å². The molecule has 0 saturated carbocycles. The third-order valence-electron chi connectivity index (χ3n) is 2.69. The summed E-state index contributed by atoms with van der Waals surface area (Å²) in [6.07, 6.45) is -0.162.